The van der Waals surface area contributed by atoms with Gasteiger partial charge in [-0.25, -0.2) is 17.5 Å². The van der Waals surface area contributed by atoms with E-state index < -0.39 is 34.5 Å². The van der Waals surface area contributed by atoms with Crippen LogP contribution in [-0.4, -0.2) is 20.6 Å². The molecule has 0 aliphatic rings. The Bertz CT molecular complexity index is 599. The summed E-state index contributed by atoms with van der Waals surface area (Å²) in [6, 6.07) is 0.455. The van der Waals surface area contributed by atoms with E-state index in [0.717, 1.165) is 19.1 Å². The van der Waals surface area contributed by atoms with Crippen LogP contribution < -0.4 is 10.5 Å². The maximum Gasteiger partial charge on any atom is 0.390 e. The standard InChI is InChI=1S/C11H14F4N2O2S/c1-6-3-8(12)9(16)4-10(6)20(18,19)17-7(2)5-11(13,14)15/h3-4,7,17H,5,16H2,1-2H3. The number of aryl methyl sites for hydroxylation is 1. The van der Waals surface area contributed by atoms with E-state index in [2.05, 4.69) is 0 Å². The molecule has 0 aromatic heterocycles. The van der Waals surface area contributed by atoms with Crippen LogP contribution in [0.15, 0.2) is 17.0 Å². The molecule has 0 bridgehead atoms. The first kappa shape index (κ1) is 16.7. The predicted octanol–water partition coefficient (Wildman–Crippen LogP) is 2.34. The van der Waals surface area contributed by atoms with E-state index in [1.54, 1.807) is 0 Å². The zero-order chi connectivity index (χ0) is 15.7. The molecule has 0 heterocycles. The second kappa shape index (κ2) is 5.57. The minimum atomic E-state index is -4.49. The van der Waals surface area contributed by atoms with Crippen LogP contribution in [0.2, 0.25) is 0 Å². The van der Waals surface area contributed by atoms with Crippen LogP contribution in [0.25, 0.3) is 0 Å². The average molecular weight is 314 g/mol. The fraction of sp³-hybridized carbons (Fsp3) is 0.455. The van der Waals surface area contributed by atoms with Crippen LogP contribution in [0, 0.1) is 12.7 Å². The summed E-state index contributed by atoms with van der Waals surface area (Å²) in [5.74, 6) is -0.787. The predicted molar refractivity (Wildman–Crippen MR) is 66.0 cm³/mol. The molecule has 0 fully saturated rings. The monoisotopic (exact) mass is 314 g/mol. The van der Waals surface area contributed by atoms with Crippen molar-refractivity contribution in [1.29, 1.82) is 0 Å². The Morgan fingerprint density at radius 1 is 1.35 bits per heavy atom. The fourth-order valence-corrected chi connectivity index (χ4v) is 3.18. The fourth-order valence-electron chi connectivity index (χ4n) is 1.68. The maximum atomic E-state index is 13.1. The Kier molecular flexibility index (Phi) is 4.65. The van der Waals surface area contributed by atoms with Gasteiger partial charge in [0.2, 0.25) is 10.0 Å². The van der Waals surface area contributed by atoms with Crippen molar-refractivity contribution in [3.8, 4) is 0 Å². The number of hydrogen-bond donors (Lipinski definition) is 2. The largest absolute Gasteiger partial charge is 0.396 e. The molecule has 1 rings (SSSR count). The molecule has 0 aliphatic heterocycles. The molecule has 20 heavy (non-hydrogen) atoms. The van der Waals surface area contributed by atoms with Crippen LogP contribution in [0.4, 0.5) is 23.2 Å². The zero-order valence-corrected chi connectivity index (χ0v) is 11.6. The Balaban J connectivity index is 3.03. The lowest BCUT2D eigenvalue weighted by molar-refractivity contribution is -0.137. The first-order chi connectivity index (χ1) is 8.92. The number of anilines is 1. The van der Waals surface area contributed by atoms with E-state index in [0.29, 0.717) is 0 Å². The van der Waals surface area contributed by atoms with Crippen LogP contribution in [-0.2, 0) is 10.0 Å². The van der Waals surface area contributed by atoms with Crippen LogP contribution >= 0.6 is 0 Å². The number of nitrogens with one attached hydrogen (secondary N) is 1. The van der Waals surface area contributed by atoms with Gasteiger partial charge >= 0.3 is 6.18 Å². The smallest absolute Gasteiger partial charge is 0.390 e. The summed E-state index contributed by atoms with van der Waals surface area (Å²) in [6.07, 6.45) is -5.79. The zero-order valence-electron chi connectivity index (χ0n) is 10.8. The maximum absolute atomic E-state index is 13.1. The van der Waals surface area contributed by atoms with Gasteiger partial charge in [0.05, 0.1) is 17.0 Å². The number of sulfonamides is 1. The van der Waals surface area contributed by atoms with Crippen molar-refractivity contribution in [3.05, 3.63) is 23.5 Å². The van der Waals surface area contributed by atoms with E-state index in [9.17, 15) is 26.0 Å². The van der Waals surface area contributed by atoms with Crippen LogP contribution in [0.5, 0.6) is 0 Å². The van der Waals surface area contributed by atoms with E-state index in [1.165, 1.54) is 6.92 Å². The molecule has 9 heteroatoms. The van der Waals surface area contributed by atoms with Gasteiger partial charge in [-0.2, -0.15) is 13.2 Å². The molecule has 0 spiro atoms. The van der Waals surface area contributed by atoms with Gasteiger partial charge in [-0.05, 0) is 31.5 Å². The Morgan fingerprint density at radius 3 is 2.40 bits per heavy atom. The summed E-state index contributed by atoms with van der Waals surface area (Å²) in [4.78, 5) is -0.342. The number of nitrogen functional groups attached to an aromatic ring is 1. The third-order valence-electron chi connectivity index (χ3n) is 2.48. The molecule has 1 atom stereocenters. The van der Waals surface area contributed by atoms with Gasteiger partial charge in [0.25, 0.3) is 0 Å². The summed E-state index contributed by atoms with van der Waals surface area (Å²) in [6.45, 7) is 2.42. The molecular weight excluding hydrogens is 300 g/mol. The van der Waals surface area contributed by atoms with E-state index in [1.807, 2.05) is 4.72 Å². The number of nitrogens with two attached hydrogens (primary N) is 1. The minimum absolute atomic E-state index is 0.0587. The quantitative estimate of drug-likeness (QED) is 0.662. The van der Waals surface area contributed by atoms with E-state index in [4.69, 9.17) is 5.73 Å². The van der Waals surface area contributed by atoms with Crippen molar-refractivity contribution in [3.63, 3.8) is 0 Å². The first-order valence-electron chi connectivity index (χ1n) is 5.57. The molecule has 0 radical (unpaired) electrons. The molecule has 1 unspecified atom stereocenters. The van der Waals surface area contributed by atoms with Crippen molar-refractivity contribution in [2.24, 2.45) is 0 Å². The molecule has 1 aromatic carbocycles. The number of alkyl halides is 3. The number of benzene rings is 1. The molecular formula is C11H14F4N2O2S. The number of rotatable bonds is 4. The van der Waals surface area contributed by atoms with Gasteiger partial charge in [-0.1, -0.05) is 0 Å². The highest BCUT2D eigenvalue weighted by Crippen LogP contribution is 2.24. The molecule has 0 amide bonds. The second-order valence-corrected chi connectivity index (χ2v) is 6.16. The molecule has 0 saturated carbocycles. The van der Waals surface area contributed by atoms with Crippen LogP contribution in [0.1, 0.15) is 18.9 Å². The first-order valence-corrected chi connectivity index (χ1v) is 7.05. The number of halogens is 4. The number of hydrogen-bond acceptors (Lipinski definition) is 3. The summed E-state index contributed by atoms with van der Waals surface area (Å²) >= 11 is 0. The Hall–Kier alpha value is -1.35. The molecule has 114 valence electrons. The van der Waals surface area contributed by atoms with Crippen molar-refractivity contribution >= 4 is 15.7 Å². The van der Waals surface area contributed by atoms with Gasteiger partial charge in [-0.3, -0.25) is 0 Å². The van der Waals surface area contributed by atoms with Crippen molar-refractivity contribution in [1.82, 2.24) is 4.72 Å². The highest BCUT2D eigenvalue weighted by Gasteiger charge is 2.32. The van der Waals surface area contributed by atoms with Gasteiger partial charge in [0, 0.05) is 6.04 Å². The third kappa shape index (κ3) is 4.34. The lowest BCUT2D eigenvalue weighted by Crippen LogP contribution is -2.36. The molecule has 0 saturated heterocycles. The summed E-state index contributed by atoms with van der Waals surface area (Å²) < 4.78 is 75.5. The van der Waals surface area contributed by atoms with Gasteiger partial charge in [0.1, 0.15) is 5.82 Å². The SMILES string of the molecule is Cc1cc(F)c(N)cc1S(=O)(=O)NC(C)CC(F)(F)F. The van der Waals surface area contributed by atoms with E-state index >= 15 is 0 Å². The van der Waals surface area contributed by atoms with Crippen molar-refractivity contribution < 1.29 is 26.0 Å². The summed E-state index contributed by atoms with van der Waals surface area (Å²) in [7, 11) is -4.20. The lowest BCUT2D eigenvalue weighted by Gasteiger charge is -2.17. The highest BCUT2D eigenvalue weighted by molar-refractivity contribution is 7.89. The minimum Gasteiger partial charge on any atom is -0.396 e. The summed E-state index contributed by atoms with van der Waals surface area (Å²) in [5, 5.41) is 0. The highest BCUT2D eigenvalue weighted by atomic mass is 32.2. The molecule has 3 N–H and O–H groups in total. The summed E-state index contributed by atoms with van der Waals surface area (Å²) in [5.41, 5.74) is 4.94. The topological polar surface area (TPSA) is 72.2 Å². The van der Waals surface area contributed by atoms with Gasteiger partial charge in [0.15, 0.2) is 0 Å². The van der Waals surface area contributed by atoms with Crippen LogP contribution in [0.3, 0.4) is 0 Å². The van der Waals surface area contributed by atoms with E-state index in [-0.39, 0.29) is 16.1 Å². The Morgan fingerprint density at radius 2 is 1.90 bits per heavy atom. The van der Waals surface area contributed by atoms with Crippen molar-refractivity contribution in [2.45, 2.75) is 37.4 Å². The Labute approximate surface area is 114 Å². The molecule has 4 nitrogen and oxygen atoms in total. The average Bonchev–Trinajstić information content (AvgIpc) is 2.19. The third-order valence-corrected chi connectivity index (χ3v) is 4.21. The van der Waals surface area contributed by atoms with Gasteiger partial charge < -0.3 is 5.73 Å². The lowest BCUT2D eigenvalue weighted by atomic mass is 10.2. The van der Waals surface area contributed by atoms with Gasteiger partial charge in [-0.15, -0.1) is 0 Å². The molecule has 1 aromatic rings. The normalized spacial score (nSPS) is 14.3. The second-order valence-electron chi connectivity index (χ2n) is 4.48. The van der Waals surface area contributed by atoms with Crippen molar-refractivity contribution in [2.75, 3.05) is 5.73 Å². The molecule has 0 aliphatic carbocycles.